The average Bonchev–Trinajstić information content (AvgIpc) is 2.95. The van der Waals surface area contributed by atoms with Crippen molar-refractivity contribution in [2.75, 3.05) is 26.7 Å². The van der Waals surface area contributed by atoms with Gasteiger partial charge in [0.05, 0.1) is 11.5 Å². The lowest BCUT2D eigenvalue weighted by Gasteiger charge is -2.31. The molecule has 0 radical (unpaired) electrons. The number of likely N-dealkylation sites (tertiary alicyclic amines) is 1. The monoisotopic (exact) mass is 312 g/mol. The van der Waals surface area contributed by atoms with Crippen LogP contribution in [-0.2, 0) is 11.3 Å². The SMILES string of the molecule is CNC(=O)CN1CCC(NCc2ccc([N+](=O)[O-])s2)CC1. The maximum absolute atomic E-state index is 11.3. The highest BCUT2D eigenvalue weighted by atomic mass is 32.1. The maximum atomic E-state index is 11.3. The number of piperidine rings is 1. The Balaban J connectivity index is 1.71. The van der Waals surface area contributed by atoms with E-state index in [0.717, 1.165) is 30.8 Å². The summed E-state index contributed by atoms with van der Waals surface area (Å²) in [4.78, 5) is 24.7. The van der Waals surface area contributed by atoms with Gasteiger partial charge in [-0.3, -0.25) is 19.8 Å². The van der Waals surface area contributed by atoms with E-state index in [4.69, 9.17) is 0 Å². The lowest BCUT2D eigenvalue weighted by Crippen LogP contribution is -2.45. The largest absolute Gasteiger partial charge is 0.358 e. The molecule has 2 heterocycles. The van der Waals surface area contributed by atoms with Crippen molar-refractivity contribution >= 4 is 22.2 Å². The number of nitrogens with zero attached hydrogens (tertiary/aromatic N) is 2. The van der Waals surface area contributed by atoms with E-state index in [1.54, 1.807) is 19.2 Å². The van der Waals surface area contributed by atoms with Crippen LogP contribution in [0.3, 0.4) is 0 Å². The topological polar surface area (TPSA) is 87.5 Å². The zero-order chi connectivity index (χ0) is 15.2. The molecule has 2 N–H and O–H groups in total. The Labute approximate surface area is 127 Å². The zero-order valence-corrected chi connectivity index (χ0v) is 12.8. The molecule has 1 aromatic heterocycles. The molecule has 8 heteroatoms. The van der Waals surface area contributed by atoms with Gasteiger partial charge in [-0.1, -0.05) is 11.3 Å². The number of thiophene rings is 1. The molecular formula is C13H20N4O3S. The molecule has 0 aromatic carbocycles. The van der Waals surface area contributed by atoms with Gasteiger partial charge in [0, 0.05) is 43.7 Å². The molecular weight excluding hydrogens is 292 g/mol. The molecule has 1 aliphatic rings. The zero-order valence-electron chi connectivity index (χ0n) is 12.0. The van der Waals surface area contributed by atoms with Gasteiger partial charge in [-0.2, -0.15) is 0 Å². The minimum Gasteiger partial charge on any atom is -0.358 e. The predicted octanol–water partition coefficient (Wildman–Crippen LogP) is 0.956. The molecule has 0 bridgehead atoms. The summed E-state index contributed by atoms with van der Waals surface area (Å²) in [7, 11) is 1.65. The van der Waals surface area contributed by atoms with Crippen LogP contribution in [0.2, 0.25) is 0 Å². The van der Waals surface area contributed by atoms with Crippen LogP contribution < -0.4 is 10.6 Å². The molecule has 0 spiro atoms. The summed E-state index contributed by atoms with van der Waals surface area (Å²) in [5.41, 5.74) is 0. The van der Waals surface area contributed by atoms with Crippen molar-refractivity contribution in [3.05, 3.63) is 27.1 Å². The third kappa shape index (κ3) is 4.76. The number of hydrogen-bond acceptors (Lipinski definition) is 6. The number of nitro groups is 1. The van der Waals surface area contributed by atoms with Crippen LogP contribution in [-0.4, -0.2) is 48.5 Å². The number of hydrogen-bond donors (Lipinski definition) is 2. The fourth-order valence-electron chi connectivity index (χ4n) is 2.38. The Morgan fingerprint density at radius 1 is 1.48 bits per heavy atom. The second kappa shape index (κ2) is 7.48. The number of rotatable bonds is 6. The third-order valence-corrected chi connectivity index (χ3v) is 4.66. The van der Waals surface area contributed by atoms with Crippen LogP contribution in [0.25, 0.3) is 0 Å². The van der Waals surface area contributed by atoms with Gasteiger partial charge >= 0.3 is 5.00 Å². The normalized spacial score (nSPS) is 16.8. The first kappa shape index (κ1) is 15.9. The van der Waals surface area contributed by atoms with Gasteiger partial charge in [0.15, 0.2) is 0 Å². The Hall–Kier alpha value is -1.51. The van der Waals surface area contributed by atoms with Crippen LogP contribution in [0.5, 0.6) is 0 Å². The van der Waals surface area contributed by atoms with Gasteiger partial charge in [0.25, 0.3) is 0 Å². The maximum Gasteiger partial charge on any atom is 0.324 e. The summed E-state index contributed by atoms with van der Waals surface area (Å²) >= 11 is 1.22. The first-order chi connectivity index (χ1) is 10.1. The summed E-state index contributed by atoms with van der Waals surface area (Å²) in [6.45, 7) is 2.92. The molecule has 1 amide bonds. The Morgan fingerprint density at radius 2 is 2.19 bits per heavy atom. The molecule has 1 fully saturated rings. The van der Waals surface area contributed by atoms with Crippen LogP contribution in [0.4, 0.5) is 5.00 Å². The average molecular weight is 312 g/mol. The van der Waals surface area contributed by atoms with Crippen molar-refractivity contribution in [3.63, 3.8) is 0 Å². The van der Waals surface area contributed by atoms with Crippen LogP contribution >= 0.6 is 11.3 Å². The van der Waals surface area contributed by atoms with E-state index in [2.05, 4.69) is 15.5 Å². The first-order valence-electron chi connectivity index (χ1n) is 6.98. The second-order valence-corrected chi connectivity index (χ2v) is 6.25. The summed E-state index contributed by atoms with van der Waals surface area (Å²) in [6, 6.07) is 3.76. The lowest BCUT2D eigenvalue weighted by atomic mass is 10.1. The molecule has 7 nitrogen and oxygen atoms in total. The summed E-state index contributed by atoms with van der Waals surface area (Å²) in [5.74, 6) is 0.0484. The first-order valence-corrected chi connectivity index (χ1v) is 7.79. The number of carbonyl (C=O) groups excluding carboxylic acids is 1. The van der Waals surface area contributed by atoms with Gasteiger partial charge in [0.1, 0.15) is 0 Å². The smallest absolute Gasteiger partial charge is 0.324 e. The Bertz CT molecular complexity index is 497. The van der Waals surface area contributed by atoms with Crippen LogP contribution in [0.15, 0.2) is 12.1 Å². The van der Waals surface area contributed by atoms with E-state index in [1.807, 2.05) is 0 Å². The fourth-order valence-corrected chi connectivity index (χ4v) is 3.15. The van der Waals surface area contributed by atoms with E-state index in [9.17, 15) is 14.9 Å². The van der Waals surface area contributed by atoms with Crippen molar-refractivity contribution in [2.45, 2.75) is 25.4 Å². The second-order valence-electron chi connectivity index (χ2n) is 5.10. The van der Waals surface area contributed by atoms with Gasteiger partial charge in [-0.15, -0.1) is 0 Å². The van der Waals surface area contributed by atoms with E-state index >= 15 is 0 Å². The minimum atomic E-state index is -0.356. The van der Waals surface area contributed by atoms with Crippen molar-refractivity contribution in [1.29, 1.82) is 0 Å². The van der Waals surface area contributed by atoms with Crippen LogP contribution in [0.1, 0.15) is 17.7 Å². The number of likely N-dealkylation sites (N-methyl/N-ethyl adjacent to an activating group) is 1. The highest BCUT2D eigenvalue weighted by Crippen LogP contribution is 2.24. The molecule has 0 saturated carbocycles. The standard InChI is InChI=1S/C13H20N4O3S/c1-14-12(18)9-16-6-4-10(5-7-16)15-8-11-2-3-13(21-11)17(19)20/h2-3,10,15H,4-9H2,1H3,(H,14,18). The molecule has 0 aliphatic carbocycles. The van der Waals surface area contributed by atoms with Crippen molar-refractivity contribution in [1.82, 2.24) is 15.5 Å². The van der Waals surface area contributed by atoms with E-state index in [0.29, 0.717) is 19.1 Å². The summed E-state index contributed by atoms with van der Waals surface area (Å²) < 4.78 is 0. The molecule has 21 heavy (non-hydrogen) atoms. The number of nitrogens with one attached hydrogen (secondary N) is 2. The molecule has 116 valence electrons. The molecule has 2 rings (SSSR count). The van der Waals surface area contributed by atoms with E-state index < -0.39 is 0 Å². The predicted molar refractivity (Wildman–Crippen MR) is 81.3 cm³/mol. The lowest BCUT2D eigenvalue weighted by molar-refractivity contribution is -0.380. The van der Waals surface area contributed by atoms with Crippen molar-refractivity contribution in [2.24, 2.45) is 0 Å². The van der Waals surface area contributed by atoms with Crippen LogP contribution in [0, 0.1) is 10.1 Å². The van der Waals surface area contributed by atoms with Gasteiger partial charge in [0.2, 0.25) is 5.91 Å². The van der Waals surface area contributed by atoms with Crippen molar-refractivity contribution < 1.29 is 9.72 Å². The number of amides is 1. The van der Waals surface area contributed by atoms with Gasteiger partial charge in [-0.05, 0) is 18.9 Å². The molecule has 0 unspecified atom stereocenters. The molecule has 0 atom stereocenters. The third-order valence-electron chi connectivity index (χ3n) is 3.63. The highest BCUT2D eigenvalue weighted by molar-refractivity contribution is 7.15. The summed E-state index contributed by atoms with van der Waals surface area (Å²) in [6.07, 6.45) is 1.98. The van der Waals surface area contributed by atoms with Gasteiger partial charge < -0.3 is 10.6 Å². The molecule has 1 saturated heterocycles. The fraction of sp³-hybridized carbons (Fsp3) is 0.615. The number of carbonyl (C=O) groups is 1. The molecule has 1 aromatic rings. The van der Waals surface area contributed by atoms with E-state index in [1.165, 1.54) is 11.3 Å². The van der Waals surface area contributed by atoms with Gasteiger partial charge in [-0.25, -0.2) is 0 Å². The quantitative estimate of drug-likeness (QED) is 0.603. The van der Waals surface area contributed by atoms with Crippen molar-refractivity contribution in [3.8, 4) is 0 Å². The minimum absolute atomic E-state index is 0.0484. The Kier molecular flexibility index (Phi) is 5.66. The summed E-state index contributed by atoms with van der Waals surface area (Å²) in [5, 5.41) is 16.9. The highest BCUT2D eigenvalue weighted by Gasteiger charge is 2.20. The molecule has 1 aliphatic heterocycles. The van der Waals surface area contributed by atoms with E-state index in [-0.39, 0.29) is 15.8 Å². The Morgan fingerprint density at radius 3 is 2.76 bits per heavy atom.